The molecule has 7 nitrogen and oxygen atoms in total. The second kappa shape index (κ2) is 10.6. The van der Waals surface area contributed by atoms with Crippen LogP contribution in [-0.2, 0) is 11.3 Å². The number of carbonyl (C=O) groups is 3. The van der Waals surface area contributed by atoms with Crippen LogP contribution in [0.3, 0.4) is 0 Å². The van der Waals surface area contributed by atoms with Gasteiger partial charge in [0, 0.05) is 17.8 Å². The third-order valence-electron chi connectivity index (χ3n) is 4.55. The Morgan fingerprint density at radius 3 is 2.37 bits per heavy atom. The first-order valence-corrected chi connectivity index (χ1v) is 10.1. The van der Waals surface area contributed by atoms with Gasteiger partial charge in [0.05, 0.1) is 17.1 Å². The van der Waals surface area contributed by atoms with Crippen LogP contribution in [0.5, 0.6) is 0 Å². The van der Waals surface area contributed by atoms with Gasteiger partial charge in [-0.05, 0) is 44.0 Å². The predicted molar refractivity (Wildman–Crippen MR) is 119 cm³/mol. The van der Waals surface area contributed by atoms with Crippen molar-refractivity contribution in [3.8, 4) is 0 Å². The van der Waals surface area contributed by atoms with Crippen molar-refractivity contribution in [3.63, 3.8) is 0 Å². The van der Waals surface area contributed by atoms with E-state index < -0.39 is 11.9 Å². The van der Waals surface area contributed by atoms with Gasteiger partial charge < -0.3 is 16.0 Å². The van der Waals surface area contributed by atoms with Crippen molar-refractivity contribution in [1.29, 1.82) is 0 Å². The lowest BCUT2D eigenvalue weighted by molar-refractivity contribution is -0.118. The average Bonchev–Trinajstić information content (AvgIpc) is 2.71. The number of benzene rings is 2. The molecular formula is C22H27ClN4O3. The zero-order valence-corrected chi connectivity index (χ0v) is 18.1. The van der Waals surface area contributed by atoms with Crippen molar-refractivity contribution in [1.82, 2.24) is 16.0 Å². The van der Waals surface area contributed by atoms with E-state index in [0.717, 1.165) is 12.0 Å². The van der Waals surface area contributed by atoms with Gasteiger partial charge in [0.2, 0.25) is 5.91 Å². The molecule has 0 heterocycles. The number of hydrogen-bond donors (Lipinski definition) is 4. The fourth-order valence-corrected chi connectivity index (χ4v) is 2.71. The summed E-state index contributed by atoms with van der Waals surface area (Å²) in [5.74, 6) is -0.755. The SMILES string of the molecule is CCC(C)(C)NC(=O)c1ccc(NCC(=O)NC(=O)NCc2ccccc2)cc1Cl. The summed E-state index contributed by atoms with van der Waals surface area (Å²) in [5.41, 5.74) is 1.51. The smallest absolute Gasteiger partial charge is 0.321 e. The summed E-state index contributed by atoms with van der Waals surface area (Å²) in [5, 5.41) is 10.9. The number of halogens is 1. The highest BCUT2D eigenvalue weighted by Gasteiger charge is 2.20. The molecule has 30 heavy (non-hydrogen) atoms. The normalized spacial score (nSPS) is 10.8. The molecule has 4 N–H and O–H groups in total. The molecule has 4 amide bonds. The topological polar surface area (TPSA) is 99.3 Å². The zero-order valence-electron chi connectivity index (χ0n) is 17.3. The molecule has 0 bridgehead atoms. The first kappa shape index (κ1) is 23.2. The maximum atomic E-state index is 12.4. The van der Waals surface area contributed by atoms with E-state index in [2.05, 4.69) is 21.3 Å². The van der Waals surface area contributed by atoms with E-state index in [4.69, 9.17) is 11.6 Å². The van der Waals surface area contributed by atoms with Crippen molar-refractivity contribution < 1.29 is 14.4 Å². The Kier molecular flexibility index (Phi) is 8.24. The van der Waals surface area contributed by atoms with E-state index in [-0.39, 0.29) is 23.0 Å². The molecule has 0 spiro atoms. The first-order valence-electron chi connectivity index (χ1n) is 9.67. The molecule has 0 saturated carbocycles. The number of urea groups is 1. The van der Waals surface area contributed by atoms with Gasteiger partial charge in [0.25, 0.3) is 5.91 Å². The Balaban J connectivity index is 1.82. The van der Waals surface area contributed by atoms with E-state index in [1.807, 2.05) is 51.1 Å². The summed E-state index contributed by atoms with van der Waals surface area (Å²) in [6, 6.07) is 13.6. The van der Waals surface area contributed by atoms with E-state index in [9.17, 15) is 14.4 Å². The lowest BCUT2D eigenvalue weighted by Crippen LogP contribution is -2.42. The van der Waals surface area contributed by atoms with Crippen LogP contribution in [0.2, 0.25) is 5.02 Å². The summed E-state index contributed by atoms with van der Waals surface area (Å²) in [6.45, 7) is 6.05. The molecule has 2 aromatic carbocycles. The van der Waals surface area contributed by atoms with Crippen molar-refractivity contribution in [2.45, 2.75) is 39.3 Å². The van der Waals surface area contributed by atoms with Gasteiger partial charge in [0.15, 0.2) is 0 Å². The lowest BCUT2D eigenvalue weighted by atomic mass is 10.0. The van der Waals surface area contributed by atoms with Gasteiger partial charge in [-0.2, -0.15) is 0 Å². The maximum absolute atomic E-state index is 12.4. The molecule has 0 aliphatic carbocycles. The second-order valence-corrected chi connectivity index (χ2v) is 7.86. The van der Waals surface area contributed by atoms with Crippen molar-refractivity contribution in [2.24, 2.45) is 0 Å². The van der Waals surface area contributed by atoms with Crippen LogP contribution in [0.15, 0.2) is 48.5 Å². The van der Waals surface area contributed by atoms with Gasteiger partial charge in [-0.25, -0.2) is 4.79 Å². The third kappa shape index (κ3) is 7.40. The van der Waals surface area contributed by atoms with E-state index in [0.29, 0.717) is 17.8 Å². The molecule has 0 fully saturated rings. The Morgan fingerprint density at radius 1 is 1.03 bits per heavy atom. The lowest BCUT2D eigenvalue weighted by Gasteiger charge is -2.24. The molecule has 2 rings (SSSR count). The summed E-state index contributed by atoms with van der Waals surface area (Å²) < 4.78 is 0. The van der Waals surface area contributed by atoms with E-state index in [1.165, 1.54) is 0 Å². The van der Waals surface area contributed by atoms with Crippen LogP contribution in [-0.4, -0.2) is 29.9 Å². The fraction of sp³-hybridized carbons (Fsp3) is 0.318. The molecule has 0 atom stereocenters. The molecule has 160 valence electrons. The Labute approximate surface area is 181 Å². The van der Waals surface area contributed by atoms with Crippen molar-refractivity contribution in [2.75, 3.05) is 11.9 Å². The zero-order chi connectivity index (χ0) is 22.1. The van der Waals surface area contributed by atoms with Crippen LogP contribution in [0.1, 0.15) is 43.1 Å². The summed E-state index contributed by atoms with van der Waals surface area (Å²) >= 11 is 6.23. The Hall–Kier alpha value is -3.06. The van der Waals surface area contributed by atoms with Crippen LogP contribution >= 0.6 is 11.6 Å². The molecule has 0 aliphatic rings. The van der Waals surface area contributed by atoms with Crippen LogP contribution in [0.25, 0.3) is 0 Å². The van der Waals surface area contributed by atoms with E-state index >= 15 is 0 Å². The number of carbonyl (C=O) groups excluding carboxylic acids is 3. The van der Waals surface area contributed by atoms with E-state index in [1.54, 1.807) is 18.2 Å². The molecule has 8 heteroatoms. The number of anilines is 1. The summed E-state index contributed by atoms with van der Waals surface area (Å²) in [6.07, 6.45) is 0.782. The minimum atomic E-state index is -0.575. The van der Waals surface area contributed by atoms with Gasteiger partial charge in [-0.1, -0.05) is 48.9 Å². The Bertz CT molecular complexity index is 901. The molecule has 0 aromatic heterocycles. The molecule has 0 aliphatic heterocycles. The van der Waals surface area contributed by atoms with Crippen molar-refractivity contribution >= 4 is 35.1 Å². The fourth-order valence-electron chi connectivity index (χ4n) is 2.45. The highest BCUT2D eigenvalue weighted by atomic mass is 35.5. The predicted octanol–water partition coefficient (Wildman–Crippen LogP) is 3.70. The molecule has 0 unspecified atom stereocenters. The molecule has 2 aromatic rings. The van der Waals surface area contributed by atoms with Crippen LogP contribution in [0, 0.1) is 0 Å². The van der Waals surface area contributed by atoms with Crippen molar-refractivity contribution in [3.05, 3.63) is 64.7 Å². The minimum absolute atomic E-state index is 0.122. The largest absolute Gasteiger partial charge is 0.376 e. The number of amides is 4. The van der Waals surface area contributed by atoms with Gasteiger partial charge in [-0.15, -0.1) is 0 Å². The highest BCUT2D eigenvalue weighted by Crippen LogP contribution is 2.22. The summed E-state index contributed by atoms with van der Waals surface area (Å²) in [7, 11) is 0. The van der Waals surface area contributed by atoms with Gasteiger partial charge in [-0.3, -0.25) is 14.9 Å². The third-order valence-corrected chi connectivity index (χ3v) is 4.86. The van der Waals surface area contributed by atoms with Gasteiger partial charge in [0.1, 0.15) is 0 Å². The summed E-state index contributed by atoms with van der Waals surface area (Å²) in [4.78, 5) is 36.1. The number of rotatable bonds is 8. The number of hydrogen-bond acceptors (Lipinski definition) is 4. The highest BCUT2D eigenvalue weighted by molar-refractivity contribution is 6.34. The molecule has 0 radical (unpaired) electrons. The first-order chi connectivity index (χ1) is 14.2. The van der Waals surface area contributed by atoms with Crippen LogP contribution < -0.4 is 21.3 Å². The molecular weight excluding hydrogens is 404 g/mol. The second-order valence-electron chi connectivity index (χ2n) is 7.46. The number of imide groups is 1. The number of nitrogens with one attached hydrogen (secondary N) is 4. The quantitative estimate of drug-likeness (QED) is 0.513. The van der Waals surface area contributed by atoms with Crippen LogP contribution in [0.4, 0.5) is 10.5 Å². The average molecular weight is 431 g/mol. The van der Waals surface area contributed by atoms with Gasteiger partial charge >= 0.3 is 6.03 Å². The minimum Gasteiger partial charge on any atom is -0.376 e. The monoisotopic (exact) mass is 430 g/mol. The Morgan fingerprint density at radius 2 is 1.73 bits per heavy atom. The standard InChI is InChI=1S/C22H27ClN4O3/c1-4-22(2,3)27-20(29)17-11-10-16(12-18(17)23)24-14-19(28)26-21(30)25-13-15-8-6-5-7-9-15/h5-12,24H,4,13-14H2,1-3H3,(H,27,29)(H2,25,26,28,30). The molecule has 0 saturated heterocycles. The maximum Gasteiger partial charge on any atom is 0.321 e.